The summed E-state index contributed by atoms with van der Waals surface area (Å²) >= 11 is 0. The van der Waals surface area contributed by atoms with Crippen LogP contribution >= 0.6 is 0 Å². The molecular weight excluding hydrogens is 360 g/mol. The van der Waals surface area contributed by atoms with E-state index in [4.69, 9.17) is 9.47 Å². The van der Waals surface area contributed by atoms with E-state index in [2.05, 4.69) is 5.32 Å². The van der Waals surface area contributed by atoms with Gasteiger partial charge in [0.2, 0.25) is 5.91 Å². The monoisotopic (exact) mass is 384 g/mol. The van der Waals surface area contributed by atoms with Gasteiger partial charge in [-0.15, -0.1) is 0 Å². The summed E-state index contributed by atoms with van der Waals surface area (Å²) in [6.45, 7) is 3.61. The molecule has 1 N–H and O–H groups in total. The van der Waals surface area contributed by atoms with Gasteiger partial charge >= 0.3 is 5.97 Å². The molecule has 0 saturated heterocycles. The van der Waals surface area contributed by atoms with Gasteiger partial charge in [-0.25, -0.2) is 4.79 Å². The van der Waals surface area contributed by atoms with E-state index in [-0.39, 0.29) is 31.6 Å². The molecular formula is C21H24N2O5. The number of carbonyl (C=O) groups excluding carboxylic acids is 3. The molecule has 0 fully saturated rings. The number of aryl methyl sites for hydroxylation is 1. The first-order valence-electron chi connectivity index (χ1n) is 8.89. The van der Waals surface area contributed by atoms with Crippen molar-refractivity contribution in [1.82, 2.24) is 4.90 Å². The highest BCUT2D eigenvalue weighted by Crippen LogP contribution is 2.14. The number of amides is 2. The average Bonchev–Trinajstić information content (AvgIpc) is 2.68. The van der Waals surface area contributed by atoms with Crippen LogP contribution in [0.25, 0.3) is 0 Å². The summed E-state index contributed by atoms with van der Waals surface area (Å²) in [4.78, 5) is 37.3. The van der Waals surface area contributed by atoms with Gasteiger partial charge in [0.05, 0.1) is 18.7 Å². The fraction of sp³-hybridized carbons (Fsp3) is 0.286. The predicted octanol–water partition coefficient (Wildman–Crippen LogP) is 2.65. The Labute approximate surface area is 164 Å². The molecule has 0 aromatic heterocycles. The average molecular weight is 384 g/mol. The Balaban J connectivity index is 1.83. The van der Waals surface area contributed by atoms with Crippen LogP contribution in [-0.2, 0) is 14.3 Å². The molecule has 0 aliphatic carbocycles. The largest absolute Gasteiger partial charge is 0.484 e. The maximum Gasteiger partial charge on any atom is 0.338 e. The maximum atomic E-state index is 12.2. The van der Waals surface area contributed by atoms with Crippen molar-refractivity contribution in [2.75, 3.05) is 32.1 Å². The SMILES string of the molecule is CCOC(=O)c1cccc(OCC(=O)N(C)CC(=O)Nc2ccc(C)cc2)c1. The molecule has 2 aromatic carbocycles. The van der Waals surface area contributed by atoms with Gasteiger partial charge in [0.1, 0.15) is 5.75 Å². The lowest BCUT2D eigenvalue weighted by Gasteiger charge is -2.17. The summed E-state index contributed by atoms with van der Waals surface area (Å²) in [5, 5.41) is 2.74. The zero-order valence-electron chi connectivity index (χ0n) is 16.2. The number of benzene rings is 2. The Morgan fingerprint density at radius 2 is 1.79 bits per heavy atom. The lowest BCUT2D eigenvalue weighted by Crippen LogP contribution is -2.37. The number of carbonyl (C=O) groups is 3. The number of nitrogens with zero attached hydrogens (tertiary/aromatic N) is 1. The summed E-state index contributed by atoms with van der Waals surface area (Å²) in [6.07, 6.45) is 0. The van der Waals surface area contributed by atoms with Crippen LogP contribution in [-0.4, -0.2) is 49.5 Å². The molecule has 7 nitrogen and oxygen atoms in total. The van der Waals surface area contributed by atoms with Gasteiger partial charge < -0.3 is 19.7 Å². The number of ether oxygens (including phenoxy) is 2. The Bertz CT molecular complexity index is 833. The normalized spacial score (nSPS) is 10.1. The molecule has 2 aromatic rings. The van der Waals surface area contributed by atoms with E-state index in [1.165, 1.54) is 18.0 Å². The number of esters is 1. The molecule has 28 heavy (non-hydrogen) atoms. The van der Waals surface area contributed by atoms with E-state index < -0.39 is 5.97 Å². The first-order valence-corrected chi connectivity index (χ1v) is 8.89. The number of hydrogen-bond acceptors (Lipinski definition) is 5. The molecule has 0 unspecified atom stereocenters. The van der Waals surface area contributed by atoms with Gasteiger partial charge in [-0.05, 0) is 44.2 Å². The minimum Gasteiger partial charge on any atom is -0.484 e. The van der Waals surface area contributed by atoms with Crippen molar-refractivity contribution in [3.05, 3.63) is 59.7 Å². The van der Waals surface area contributed by atoms with Gasteiger partial charge in [-0.2, -0.15) is 0 Å². The van der Waals surface area contributed by atoms with E-state index in [1.807, 2.05) is 19.1 Å². The zero-order chi connectivity index (χ0) is 20.5. The number of hydrogen-bond donors (Lipinski definition) is 1. The highest BCUT2D eigenvalue weighted by Gasteiger charge is 2.14. The molecule has 0 radical (unpaired) electrons. The minimum absolute atomic E-state index is 0.0983. The molecule has 0 heterocycles. The predicted molar refractivity (Wildman–Crippen MR) is 105 cm³/mol. The smallest absolute Gasteiger partial charge is 0.338 e. The number of anilines is 1. The minimum atomic E-state index is -0.454. The van der Waals surface area contributed by atoms with Gasteiger partial charge in [0, 0.05) is 12.7 Å². The Hall–Kier alpha value is -3.35. The first kappa shape index (κ1) is 21.0. The van der Waals surface area contributed by atoms with E-state index in [9.17, 15) is 14.4 Å². The topological polar surface area (TPSA) is 84.9 Å². The lowest BCUT2D eigenvalue weighted by molar-refractivity contribution is -0.135. The van der Waals surface area contributed by atoms with Crippen molar-refractivity contribution in [2.24, 2.45) is 0 Å². The van der Waals surface area contributed by atoms with Crippen molar-refractivity contribution in [1.29, 1.82) is 0 Å². The molecule has 7 heteroatoms. The Morgan fingerprint density at radius 3 is 2.46 bits per heavy atom. The maximum absolute atomic E-state index is 12.2. The molecule has 0 aliphatic rings. The van der Waals surface area contributed by atoms with Crippen molar-refractivity contribution >= 4 is 23.5 Å². The van der Waals surface area contributed by atoms with Crippen LogP contribution in [0.1, 0.15) is 22.8 Å². The van der Waals surface area contributed by atoms with Crippen molar-refractivity contribution in [2.45, 2.75) is 13.8 Å². The summed E-state index contributed by atoms with van der Waals surface area (Å²) in [7, 11) is 1.52. The first-order chi connectivity index (χ1) is 13.4. The summed E-state index contributed by atoms with van der Waals surface area (Å²) in [6, 6.07) is 13.8. The van der Waals surface area contributed by atoms with Gasteiger partial charge in [0.15, 0.2) is 6.61 Å². The third-order valence-corrected chi connectivity index (χ3v) is 3.85. The second kappa shape index (κ2) is 10.1. The second-order valence-corrected chi connectivity index (χ2v) is 6.20. The Morgan fingerprint density at radius 1 is 1.07 bits per heavy atom. The standard InChI is InChI=1S/C21H24N2O5/c1-4-27-21(26)16-6-5-7-18(12-16)28-14-20(25)23(3)13-19(24)22-17-10-8-15(2)9-11-17/h5-12H,4,13-14H2,1-3H3,(H,22,24). The second-order valence-electron chi connectivity index (χ2n) is 6.20. The molecule has 0 atom stereocenters. The number of likely N-dealkylation sites (N-methyl/N-ethyl adjacent to an activating group) is 1. The lowest BCUT2D eigenvalue weighted by atomic mass is 10.2. The van der Waals surface area contributed by atoms with Gasteiger partial charge in [-0.1, -0.05) is 23.8 Å². The van der Waals surface area contributed by atoms with Gasteiger partial charge in [0.25, 0.3) is 5.91 Å². The highest BCUT2D eigenvalue weighted by molar-refractivity contribution is 5.94. The van der Waals surface area contributed by atoms with Crippen molar-refractivity contribution in [3.8, 4) is 5.75 Å². The molecule has 148 valence electrons. The molecule has 2 amide bonds. The summed E-state index contributed by atoms with van der Waals surface area (Å²) in [5.74, 6) is -0.745. The van der Waals surface area contributed by atoms with Crippen LogP contribution in [0.15, 0.2) is 48.5 Å². The van der Waals surface area contributed by atoms with Crippen LogP contribution in [0, 0.1) is 6.92 Å². The molecule has 0 aliphatic heterocycles. The van der Waals surface area contributed by atoms with E-state index >= 15 is 0 Å². The number of rotatable bonds is 8. The molecule has 2 rings (SSSR count). The van der Waals surface area contributed by atoms with Crippen molar-refractivity contribution < 1.29 is 23.9 Å². The molecule has 0 bridgehead atoms. The highest BCUT2D eigenvalue weighted by atomic mass is 16.5. The van der Waals surface area contributed by atoms with Crippen LogP contribution < -0.4 is 10.1 Å². The van der Waals surface area contributed by atoms with Crippen LogP contribution in [0.3, 0.4) is 0 Å². The summed E-state index contributed by atoms with van der Waals surface area (Å²) < 4.78 is 10.4. The van der Waals surface area contributed by atoms with E-state index in [0.717, 1.165) is 5.56 Å². The van der Waals surface area contributed by atoms with E-state index in [0.29, 0.717) is 17.0 Å². The van der Waals surface area contributed by atoms with Crippen LogP contribution in [0.2, 0.25) is 0 Å². The van der Waals surface area contributed by atoms with Crippen LogP contribution in [0.4, 0.5) is 5.69 Å². The quantitative estimate of drug-likeness (QED) is 0.708. The fourth-order valence-corrected chi connectivity index (χ4v) is 2.32. The van der Waals surface area contributed by atoms with Crippen LogP contribution in [0.5, 0.6) is 5.75 Å². The summed E-state index contributed by atoms with van der Waals surface area (Å²) in [5.41, 5.74) is 2.11. The fourth-order valence-electron chi connectivity index (χ4n) is 2.32. The molecule has 0 spiro atoms. The van der Waals surface area contributed by atoms with E-state index in [1.54, 1.807) is 37.3 Å². The third kappa shape index (κ3) is 6.42. The number of nitrogens with one attached hydrogen (secondary N) is 1. The van der Waals surface area contributed by atoms with Gasteiger partial charge in [-0.3, -0.25) is 9.59 Å². The third-order valence-electron chi connectivity index (χ3n) is 3.85. The Kier molecular flexibility index (Phi) is 7.56. The van der Waals surface area contributed by atoms with Crippen molar-refractivity contribution in [3.63, 3.8) is 0 Å². The zero-order valence-corrected chi connectivity index (χ0v) is 16.2. The molecule has 0 saturated carbocycles.